The molecule has 0 aromatic carbocycles. The summed E-state index contributed by atoms with van der Waals surface area (Å²) in [5.41, 5.74) is 0.511. The SMILES string of the molecule is CCC(CC)CCC(C)(C(C)C)C(C)C(C)C. The zero-order valence-corrected chi connectivity index (χ0v) is 13.6. The normalized spacial score (nSPS) is 17.8. The van der Waals surface area contributed by atoms with E-state index in [0.29, 0.717) is 5.41 Å². The summed E-state index contributed by atoms with van der Waals surface area (Å²) in [4.78, 5) is 0. The van der Waals surface area contributed by atoms with Crippen LogP contribution in [-0.4, -0.2) is 0 Å². The molecule has 0 aliphatic rings. The third-order valence-electron chi connectivity index (χ3n) is 5.61. The zero-order chi connectivity index (χ0) is 13.6. The minimum atomic E-state index is 0.511. The van der Waals surface area contributed by atoms with Crippen LogP contribution in [0.25, 0.3) is 0 Å². The lowest BCUT2D eigenvalue weighted by Crippen LogP contribution is -2.34. The quantitative estimate of drug-likeness (QED) is 0.477. The molecule has 0 heterocycles. The lowest BCUT2D eigenvalue weighted by Gasteiger charge is -2.42. The first-order valence-corrected chi connectivity index (χ1v) is 7.79. The van der Waals surface area contributed by atoms with Gasteiger partial charge in [0.1, 0.15) is 0 Å². The highest BCUT2D eigenvalue weighted by Gasteiger charge is 2.35. The second kappa shape index (κ2) is 7.44. The fourth-order valence-electron chi connectivity index (χ4n) is 3.02. The van der Waals surface area contributed by atoms with Gasteiger partial charge in [-0.2, -0.15) is 0 Å². The Balaban J connectivity index is 4.62. The molecule has 0 aromatic heterocycles. The van der Waals surface area contributed by atoms with Crippen molar-refractivity contribution >= 4 is 0 Å². The fraction of sp³-hybridized carbons (Fsp3) is 1.00. The molecule has 2 atom stereocenters. The molecule has 104 valence electrons. The third-order valence-corrected chi connectivity index (χ3v) is 5.61. The number of hydrogen-bond acceptors (Lipinski definition) is 0. The van der Waals surface area contributed by atoms with E-state index in [4.69, 9.17) is 0 Å². The Kier molecular flexibility index (Phi) is 7.44. The summed E-state index contributed by atoms with van der Waals surface area (Å²) >= 11 is 0. The molecule has 0 aliphatic carbocycles. The minimum Gasteiger partial charge on any atom is -0.0651 e. The van der Waals surface area contributed by atoms with E-state index in [1.165, 1.54) is 25.7 Å². The molecule has 0 nitrogen and oxygen atoms in total. The van der Waals surface area contributed by atoms with E-state index in [0.717, 1.165) is 23.7 Å². The Morgan fingerprint density at radius 1 is 0.882 bits per heavy atom. The Labute approximate surface area is 111 Å². The standard InChI is InChI=1S/C17H36/c1-9-16(10-2)11-12-17(8,14(5)6)15(7)13(3)4/h13-16H,9-12H2,1-8H3. The van der Waals surface area contributed by atoms with E-state index in [1.807, 2.05) is 0 Å². The van der Waals surface area contributed by atoms with Gasteiger partial charge in [-0.3, -0.25) is 0 Å². The van der Waals surface area contributed by atoms with Crippen molar-refractivity contribution in [3.8, 4) is 0 Å². The second-order valence-electron chi connectivity index (χ2n) is 6.91. The molecule has 0 saturated heterocycles. The molecule has 0 radical (unpaired) electrons. The second-order valence-corrected chi connectivity index (χ2v) is 6.91. The van der Waals surface area contributed by atoms with Gasteiger partial charge < -0.3 is 0 Å². The lowest BCUT2D eigenvalue weighted by molar-refractivity contribution is 0.0696. The van der Waals surface area contributed by atoms with Crippen molar-refractivity contribution in [2.75, 3.05) is 0 Å². The summed E-state index contributed by atoms with van der Waals surface area (Å²) in [5, 5.41) is 0. The van der Waals surface area contributed by atoms with E-state index in [2.05, 4.69) is 55.4 Å². The maximum absolute atomic E-state index is 2.52. The minimum absolute atomic E-state index is 0.511. The average Bonchev–Trinajstić information content (AvgIpc) is 2.28. The summed E-state index contributed by atoms with van der Waals surface area (Å²) in [7, 11) is 0. The van der Waals surface area contributed by atoms with Gasteiger partial charge in [0.2, 0.25) is 0 Å². The summed E-state index contributed by atoms with van der Waals surface area (Å²) < 4.78 is 0. The summed E-state index contributed by atoms with van der Waals surface area (Å²) in [6.07, 6.45) is 5.51. The van der Waals surface area contributed by atoms with Gasteiger partial charge in [0.15, 0.2) is 0 Å². The highest BCUT2D eigenvalue weighted by Crippen LogP contribution is 2.44. The van der Waals surface area contributed by atoms with E-state index in [9.17, 15) is 0 Å². The molecule has 0 aromatic rings. The lowest BCUT2D eigenvalue weighted by atomic mass is 9.63. The molecule has 0 fully saturated rings. The predicted octanol–water partition coefficient (Wildman–Crippen LogP) is 6.16. The van der Waals surface area contributed by atoms with Gasteiger partial charge in [-0.15, -0.1) is 0 Å². The average molecular weight is 240 g/mol. The van der Waals surface area contributed by atoms with Gasteiger partial charge >= 0.3 is 0 Å². The molecule has 2 unspecified atom stereocenters. The Morgan fingerprint density at radius 2 is 1.35 bits per heavy atom. The Hall–Kier alpha value is 0. The molecule has 0 spiro atoms. The molecule has 0 rings (SSSR count). The summed E-state index contributed by atoms with van der Waals surface area (Å²) in [6.45, 7) is 19.2. The van der Waals surface area contributed by atoms with Crippen LogP contribution < -0.4 is 0 Å². The van der Waals surface area contributed by atoms with Crippen LogP contribution in [0, 0.1) is 29.1 Å². The first-order chi connectivity index (χ1) is 7.79. The van der Waals surface area contributed by atoms with Crippen LogP contribution in [0.4, 0.5) is 0 Å². The number of rotatable bonds is 8. The molecule has 0 saturated carbocycles. The molecular formula is C17H36. The molecule has 0 heteroatoms. The maximum Gasteiger partial charge on any atom is -0.0275 e. The van der Waals surface area contributed by atoms with Crippen LogP contribution in [0.2, 0.25) is 0 Å². The van der Waals surface area contributed by atoms with Gasteiger partial charge in [-0.25, -0.2) is 0 Å². The van der Waals surface area contributed by atoms with Crippen molar-refractivity contribution in [2.24, 2.45) is 29.1 Å². The topological polar surface area (TPSA) is 0 Å². The molecule has 0 amide bonds. The molecule has 17 heavy (non-hydrogen) atoms. The van der Waals surface area contributed by atoms with Gasteiger partial charge in [-0.05, 0) is 41.9 Å². The smallest absolute Gasteiger partial charge is 0.0275 e. The van der Waals surface area contributed by atoms with Gasteiger partial charge in [0, 0.05) is 0 Å². The van der Waals surface area contributed by atoms with E-state index in [1.54, 1.807) is 0 Å². The third kappa shape index (κ3) is 4.64. The van der Waals surface area contributed by atoms with Gasteiger partial charge in [-0.1, -0.05) is 68.2 Å². The molecule has 0 aliphatic heterocycles. The first kappa shape index (κ1) is 17.0. The van der Waals surface area contributed by atoms with Crippen molar-refractivity contribution in [3.05, 3.63) is 0 Å². The Morgan fingerprint density at radius 3 is 1.65 bits per heavy atom. The van der Waals surface area contributed by atoms with Crippen LogP contribution in [0.3, 0.4) is 0 Å². The van der Waals surface area contributed by atoms with Gasteiger partial charge in [0.25, 0.3) is 0 Å². The van der Waals surface area contributed by atoms with Crippen molar-refractivity contribution in [1.29, 1.82) is 0 Å². The van der Waals surface area contributed by atoms with Crippen molar-refractivity contribution in [2.45, 2.75) is 81.1 Å². The summed E-state index contributed by atoms with van der Waals surface area (Å²) in [6, 6.07) is 0. The van der Waals surface area contributed by atoms with Gasteiger partial charge in [0.05, 0.1) is 0 Å². The highest BCUT2D eigenvalue weighted by atomic mass is 14.4. The van der Waals surface area contributed by atoms with Crippen LogP contribution in [0.1, 0.15) is 81.1 Å². The van der Waals surface area contributed by atoms with Crippen molar-refractivity contribution in [1.82, 2.24) is 0 Å². The summed E-state index contributed by atoms with van der Waals surface area (Å²) in [5.74, 6) is 3.34. The van der Waals surface area contributed by atoms with Crippen molar-refractivity contribution in [3.63, 3.8) is 0 Å². The highest BCUT2D eigenvalue weighted by molar-refractivity contribution is 4.85. The number of hydrogen-bond donors (Lipinski definition) is 0. The molecular weight excluding hydrogens is 204 g/mol. The largest absolute Gasteiger partial charge is 0.0651 e. The van der Waals surface area contributed by atoms with Crippen LogP contribution >= 0.6 is 0 Å². The molecule has 0 bridgehead atoms. The van der Waals surface area contributed by atoms with Crippen LogP contribution in [-0.2, 0) is 0 Å². The zero-order valence-electron chi connectivity index (χ0n) is 13.6. The predicted molar refractivity (Wildman–Crippen MR) is 80.3 cm³/mol. The van der Waals surface area contributed by atoms with E-state index < -0.39 is 0 Å². The fourth-order valence-corrected chi connectivity index (χ4v) is 3.02. The van der Waals surface area contributed by atoms with Crippen LogP contribution in [0.15, 0.2) is 0 Å². The van der Waals surface area contributed by atoms with E-state index in [-0.39, 0.29) is 0 Å². The monoisotopic (exact) mass is 240 g/mol. The Bertz CT molecular complexity index is 188. The first-order valence-electron chi connectivity index (χ1n) is 7.79. The van der Waals surface area contributed by atoms with E-state index >= 15 is 0 Å². The molecule has 0 N–H and O–H groups in total. The van der Waals surface area contributed by atoms with Crippen molar-refractivity contribution < 1.29 is 0 Å². The van der Waals surface area contributed by atoms with Crippen LogP contribution in [0.5, 0.6) is 0 Å². The maximum atomic E-state index is 2.52.